The summed E-state index contributed by atoms with van der Waals surface area (Å²) in [6.07, 6.45) is 0.456. The molecule has 4 aliphatic rings. The summed E-state index contributed by atoms with van der Waals surface area (Å²) in [6.45, 7) is 15.8. The number of esters is 3. The third kappa shape index (κ3) is 4.95. The predicted molar refractivity (Wildman–Crippen MR) is 131 cm³/mol. The number of fused-ring (bicyclic) bond motifs is 2. The first kappa shape index (κ1) is 27.1. The maximum Gasteiger partial charge on any atom is 0.306 e. The van der Waals surface area contributed by atoms with Crippen molar-refractivity contribution in [3.05, 3.63) is 12.2 Å². The Labute approximate surface area is 214 Å². The van der Waals surface area contributed by atoms with Crippen molar-refractivity contribution in [1.82, 2.24) is 0 Å². The first-order valence-corrected chi connectivity index (χ1v) is 13.5. The molecule has 2 unspecified atom stereocenters. The van der Waals surface area contributed by atoms with Crippen LogP contribution in [-0.2, 0) is 38.1 Å². The highest BCUT2D eigenvalue weighted by Crippen LogP contribution is 2.58. The van der Waals surface area contributed by atoms with Crippen LogP contribution in [-0.4, -0.2) is 60.6 Å². The van der Waals surface area contributed by atoms with Crippen molar-refractivity contribution in [2.24, 2.45) is 29.6 Å². The Balaban J connectivity index is 1.81. The van der Waals surface area contributed by atoms with Crippen LogP contribution in [0.5, 0.6) is 0 Å². The zero-order valence-electron chi connectivity index (χ0n) is 22.5. The molecule has 2 bridgehead atoms. The minimum Gasteiger partial charge on any atom is -0.462 e. The molecular formula is C28H42O8. The van der Waals surface area contributed by atoms with E-state index in [1.54, 1.807) is 0 Å². The van der Waals surface area contributed by atoms with Crippen molar-refractivity contribution in [2.75, 3.05) is 6.61 Å². The van der Waals surface area contributed by atoms with Crippen LogP contribution < -0.4 is 0 Å². The molecule has 0 aromatic rings. The Bertz CT molecular complexity index is 885. The molecule has 11 atom stereocenters. The lowest BCUT2D eigenvalue weighted by atomic mass is 9.59. The average molecular weight is 507 g/mol. The third-order valence-corrected chi connectivity index (χ3v) is 8.90. The van der Waals surface area contributed by atoms with E-state index in [4.69, 9.17) is 23.7 Å². The smallest absolute Gasteiger partial charge is 0.306 e. The fraction of sp³-hybridized carbons (Fsp3) is 0.821. The van der Waals surface area contributed by atoms with Gasteiger partial charge in [0.2, 0.25) is 0 Å². The monoisotopic (exact) mass is 506 g/mol. The molecule has 8 heteroatoms. The summed E-state index contributed by atoms with van der Waals surface area (Å²) in [5.41, 5.74) is -0.259. The highest BCUT2D eigenvalue weighted by molar-refractivity contribution is 5.69. The van der Waals surface area contributed by atoms with Gasteiger partial charge < -0.3 is 23.7 Å². The van der Waals surface area contributed by atoms with E-state index in [1.807, 2.05) is 13.8 Å². The van der Waals surface area contributed by atoms with Crippen LogP contribution in [0.4, 0.5) is 0 Å². The second-order valence-corrected chi connectivity index (χ2v) is 11.6. The number of hydrogen-bond acceptors (Lipinski definition) is 8. The fourth-order valence-electron chi connectivity index (χ4n) is 7.26. The van der Waals surface area contributed by atoms with Crippen molar-refractivity contribution in [3.8, 4) is 0 Å². The van der Waals surface area contributed by atoms with Gasteiger partial charge in [-0.1, -0.05) is 27.4 Å². The van der Waals surface area contributed by atoms with E-state index < -0.39 is 29.7 Å². The topological polar surface area (TPSA) is 97.4 Å². The molecule has 1 saturated carbocycles. The number of carbonyl (C=O) groups is 3. The Morgan fingerprint density at radius 3 is 2.36 bits per heavy atom. The van der Waals surface area contributed by atoms with Crippen LogP contribution in [0.25, 0.3) is 0 Å². The van der Waals surface area contributed by atoms with Gasteiger partial charge in [-0.05, 0) is 49.5 Å². The highest BCUT2D eigenvalue weighted by atomic mass is 16.6. The van der Waals surface area contributed by atoms with Crippen LogP contribution in [0.15, 0.2) is 12.2 Å². The molecule has 0 aromatic heterocycles. The van der Waals surface area contributed by atoms with Gasteiger partial charge in [0.15, 0.2) is 0 Å². The average Bonchev–Trinajstić information content (AvgIpc) is 3.13. The normalized spacial score (nSPS) is 43.9. The molecule has 0 aromatic carbocycles. The van der Waals surface area contributed by atoms with Crippen molar-refractivity contribution in [2.45, 2.75) is 110 Å². The van der Waals surface area contributed by atoms with Gasteiger partial charge in [0.1, 0.15) is 23.9 Å². The summed E-state index contributed by atoms with van der Waals surface area (Å²) >= 11 is 0. The molecular weight excluding hydrogens is 464 g/mol. The van der Waals surface area contributed by atoms with Crippen LogP contribution in [0.2, 0.25) is 0 Å². The number of carbonyl (C=O) groups excluding carboxylic acids is 3. The van der Waals surface area contributed by atoms with Crippen LogP contribution in [0, 0.1) is 29.6 Å². The van der Waals surface area contributed by atoms with Gasteiger partial charge >= 0.3 is 17.9 Å². The first-order valence-electron chi connectivity index (χ1n) is 13.5. The van der Waals surface area contributed by atoms with Crippen molar-refractivity contribution in [1.29, 1.82) is 0 Å². The molecule has 3 saturated heterocycles. The highest BCUT2D eigenvalue weighted by Gasteiger charge is 2.65. The Kier molecular flexibility index (Phi) is 7.87. The van der Waals surface area contributed by atoms with Gasteiger partial charge in [-0.3, -0.25) is 14.4 Å². The second-order valence-electron chi connectivity index (χ2n) is 11.6. The maximum absolute atomic E-state index is 12.7. The summed E-state index contributed by atoms with van der Waals surface area (Å²) in [4.78, 5) is 36.9. The van der Waals surface area contributed by atoms with Gasteiger partial charge in [-0.25, -0.2) is 0 Å². The SMILES string of the molecule is C=C1CC2O[C@H]3[C@@H]4[C@H]2[C@H](OC(=O)CCC)[C@H](C)C[C@H]4C(C)CO[C@@]3(C)[C@H](OC(C)=O)C[C@H]1OC(C)=O. The van der Waals surface area contributed by atoms with Crippen LogP contribution in [0.3, 0.4) is 0 Å². The molecule has 3 aliphatic heterocycles. The molecule has 4 rings (SSSR count). The lowest BCUT2D eigenvalue weighted by Crippen LogP contribution is -2.58. The molecule has 202 valence electrons. The van der Waals surface area contributed by atoms with Crippen molar-refractivity contribution < 1.29 is 38.1 Å². The van der Waals surface area contributed by atoms with Crippen LogP contribution >= 0.6 is 0 Å². The number of hydrogen-bond donors (Lipinski definition) is 0. The van der Waals surface area contributed by atoms with Gasteiger partial charge in [-0.2, -0.15) is 0 Å². The molecule has 0 amide bonds. The molecule has 8 nitrogen and oxygen atoms in total. The third-order valence-electron chi connectivity index (χ3n) is 8.90. The lowest BCUT2D eigenvalue weighted by Gasteiger charge is -2.47. The molecule has 1 aliphatic carbocycles. The van der Waals surface area contributed by atoms with E-state index in [0.717, 1.165) is 12.8 Å². The van der Waals surface area contributed by atoms with Gasteiger partial charge in [-0.15, -0.1) is 0 Å². The minimum absolute atomic E-state index is 0.0566. The zero-order valence-corrected chi connectivity index (χ0v) is 22.5. The zero-order chi connectivity index (χ0) is 26.4. The first-order chi connectivity index (χ1) is 17.0. The summed E-state index contributed by atoms with van der Waals surface area (Å²) in [5, 5.41) is 0. The Morgan fingerprint density at radius 1 is 1.03 bits per heavy atom. The van der Waals surface area contributed by atoms with Crippen LogP contribution in [0.1, 0.15) is 73.6 Å². The quantitative estimate of drug-likeness (QED) is 0.314. The van der Waals surface area contributed by atoms with E-state index in [2.05, 4.69) is 20.4 Å². The second kappa shape index (κ2) is 10.4. The minimum atomic E-state index is -0.964. The molecule has 0 N–H and O–H groups in total. The number of ether oxygens (including phenoxy) is 5. The molecule has 3 heterocycles. The molecule has 36 heavy (non-hydrogen) atoms. The Hall–Kier alpha value is -1.93. The summed E-state index contributed by atoms with van der Waals surface area (Å²) in [5.74, 6) is -0.286. The predicted octanol–water partition coefficient (Wildman–Crippen LogP) is 3.99. The van der Waals surface area contributed by atoms with Gasteiger partial charge in [0, 0.05) is 38.5 Å². The van der Waals surface area contributed by atoms with Crippen molar-refractivity contribution in [3.63, 3.8) is 0 Å². The van der Waals surface area contributed by atoms with E-state index in [9.17, 15) is 14.4 Å². The standard InChI is InChI=1S/C28H42O8/c1-8-9-23(31)36-26-15(3)10-19-16(4)13-32-28(7)22(34-18(6)30)12-20(33-17(5)29)14(2)11-21-25(26)24(19)27(28)35-21/h15-16,19-22,24-27H,2,8-13H2,1,3-7H3/t15-,16?,19+,20-,21?,22-,24+,25+,26-,27+,28+/m1/s1. The fourth-order valence-corrected chi connectivity index (χ4v) is 7.26. The largest absolute Gasteiger partial charge is 0.462 e. The maximum atomic E-state index is 12.7. The van der Waals surface area contributed by atoms with E-state index in [-0.39, 0.29) is 54.4 Å². The van der Waals surface area contributed by atoms with Crippen molar-refractivity contribution >= 4 is 17.9 Å². The summed E-state index contributed by atoms with van der Waals surface area (Å²) < 4.78 is 31.2. The van der Waals surface area contributed by atoms with E-state index >= 15 is 0 Å². The summed E-state index contributed by atoms with van der Waals surface area (Å²) in [6, 6.07) is 0. The number of rotatable bonds is 5. The molecule has 4 fully saturated rings. The van der Waals surface area contributed by atoms with Gasteiger partial charge in [0.05, 0.1) is 18.8 Å². The van der Waals surface area contributed by atoms with E-state index in [0.29, 0.717) is 30.9 Å². The summed E-state index contributed by atoms with van der Waals surface area (Å²) in [7, 11) is 0. The lowest BCUT2D eigenvalue weighted by molar-refractivity contribution is -0.205. The van der Waals surface area contributed by atoms with E-state index in [1.165, 1.54) is 13.8 Å². The Morgan fingerprint density at radius 2 is 1.72 bits per heavy atom. The molecule has 0 radical (unpaired) electrons. The molecule has 0 spiro atoms. The van der Waals surface area contributed by atoms with Gasteiger partial charge in [0.25, 0.3) is 0 Å².